The van der Waals surface area contributed by atoms with E-state index in [1.807, 2.05) is 26.8 Å². The van der Waals surface area contributed by atoms with Crippen molar-refractivity contribution in [1.29, 1.82) is 0 Å². The van der Waals surface area contributed by atoms with Gasteiger partial charge in [0.05, 0.1) is 22.7 Å². The highest BCUT2D eigenvalue weighted by Crippen LogP contribution is 2.24. The van der Waals surface area contributed by atoms with Gasteiger partial charge in [-0.1, -0.05) is 24.3 Å². The molecule has 0 unspecified atom stereocenters. The van der Waals surface area contributed by atoms with Crippen molar-refractivity contribution in [3.05, 3.63) is 72.2 Å². The number of benzene rings is 2. The van der Waals surface area contributed by atoms with Crippen LogP contribution >= 0.6 is 0 Å². The van der Waals surface area contributed by atoms with Gasteiger partial charge in [-0.2, -0.15) is 8.42 Å². The molecule has 0 aliphatic rings. The first kappa shape index (κ1) is 23.3. The molecule has 0 saturated carbocycles. The zero-order valence-electron chi connectivity index (χ0n) is 17.9. The Balaban J connectivity index is 1.74. The predicted octanol–water partition coefficient (Wildman–Crippen LogP) is 3.93. The molecule has 0 aliphatic carbocycles. The lowest BCUT2D eigenvalue weighted by atomic mass is 10.1. The highest BCUT2D eigenvalue weighted by atomic mass is 32.2. The number of aromatic nitrogens is 2. The monoisotopic (exact) mass is 456 g/mol. The van der Waals surface area contributed by atoms with Gasteiger partial charge in [-0.05, 0) is 51.1 Å². The molecule has 2 aromatic carbocycles. The molecule has 9 nitrogen and oxygen atoms in total. The van der Waals surface area contributed by atoms with Gasteiger partial charge in [0.1, 0.15) is 11.6 Å². The summed E-state index contributed by atoms with van der Waals surface area (Å²) in [4.78, 5) is 26.3. The fourth-order valence-electron chi connectivity index (χ4n) is 2.67. The van der Waals surface area contributed by atoms with E-state index >= 15 is 0 Å². The Hall–Kier alpha value is -3.34. The van der Waals surface area contributed by atoms with Gasteiger partial charge in [0.25, 0.3) is 16.0 Å². The third-order valence-corrected chi connectivity index (χ3v) is 4.73. The molecule has 0 bridgehead atoms. The van der Waals surface area contributed by atoms with Crippen molar-refractivity contribution < 1.29 is 22.6 Å². The highest BCUT2D eigenvalue weighted by molar-refractivity contribution is 7.84. The van der Waals surface area contributed by atoms with E-state index in [0.29, 0.717) is 28.2 Å². The first-order valence-corrected chi connectivity index (χ1v) is 11.3. The normalized spacial score (nSPS) is 11.8. The standard InChI is InChI=1S/C22H24N4O5S/c1-22(2,3)31-26-19-7-5-4-6-18(19)25-21(27)16-10-8-15(9-11-16)17-12-13-23-20(24-17)14-32(28,29)30/h4-13,26H,14H2,1-3H3,(H,25,27)(H,28,29,30). The minimum atomic E-state index is -4.23. The third-order valence-electron chi connectivity index (χ3n) is 4.10. The van der Waals surface area contributed by atoms with Crippen LogP contribution in [0.5, 0.6) is 0 Å². The fraction of sp³-hybridized carbons (Fsp3) is 0.227. The largest absolute Gasteiger partial charge is 0.320 e. The van der Waals surface area contributed by atoms with Gasteiger partial charge in [0.2, 0.25) is 0 Å². The van der Waals surface area contributed by atoms with E-state index in [1.54, 1.807) is 48.5 Å². The molecule has 0 fully saturated rings. The number of rotatable bonds is 7. The number of hydrogen-bond donors (Lipinski definition) is 3. The molecular formula is C22H24N4O5S. The molecule has 0 spiro atoms. The van der Waals surface area contributed by atoms with Crippen LogP contribution in [-0.4, -0.2) is 34.4 Å². The number of anilines is 2. The third kappa shape index (κ3) is 6.84. The number of amides is 1. The number of nitrogens with one attached hydrogen (secondary N) is 2. The van der Waals surface area contributed by atoms with E-state index in [-0.39, 0.29) is 11.7 Å². The van der Waals surface area contributed by atoms with Gasteiger partial charge in [0.15, 0.2) is 0 Å². The Morgan fingerprint density at radius 3 is 2.31 bits per heavy atom. The number of carbonyl (C=O) groups excluding carboxylic acids is 1. The number of hydrogen-bond acceptors (Lipinski definition) is 7. The van der Waals surface area contributed by atoms with Crippen LogP contribution in [0, 0.1) is 0 Å². The van der Waals surface area contributed by atoms with Crippen LogP contribution in [0.4, 0.5) is 11.4 Å². The summed E-state index contributed by atoms with van der Waals surface area (Å²) >= 11 is 0. The smallest absolute Gasteiger partial charge is 0.272 e. The Morgan fingerprint density at radius 2 is 1.69 bits per heavy atom. The lowest BCUT2D eigenvalue weighted by Gasteiger charge is -2.21. The molecule has 0 radical (unpaired) electrons. The summed E-state index contributed by atoms with van der Waals surface area (Å²) in [5.74, 6) is -1.00. The lowest BCUT2D eigenvalue weighted by Crippen LogP contribution is -2.23. The van der Waals surface area contributed by atoms with Gasteiger partial charge in [0, 0.05) is 17.3 Å². The van der Waals surface area contributed by atoms with Crippen molar-refractivity contribution in [2.45, 2.75) is 32.1 Å². The van der Waals surface area contributed by atoms with Crippen molar-refractivity contribution in [2.24, 2.45) is 0 Å². The van der Waals surface area contributed by atoms with Crippen LogP contribution in [0.3, 0.4) is 0 Å². The van der Waals surface area contributed by atoms with Crippen molar-refractivity contribution in [2.75, 3.05) is 10.8 Å². The van der Waals surface area contributed by atoms with Crippen molar-refractivity contribution >= 4 is 27.4 Å². The van der Waals surface area contributed by atoms with E-state index in [9.17, 15) is 13.2 Å². The molecule has 1 aromatic heterocycles. The zero-order valence-corrected chi connectivity index (χ0v) is 18.7. The van der Waals surface area contributed by atoms with Crippen molar-refractivity contribution in [3.63, 3.8) is 0 Å². The van der Waals surface area contributed by atoms with Gasteiger partial charge < -0.3 is 5.32 Å². The minimum absolute atomic E-state index is 0.0200. The highest BCUT2D eigenvalue weighted by Gasteiger charge is 2.14. The first-order valence-electron chi connectivity index (χ1n) is 9.72. The molecule has 10 heteroatoms. The van der Waals surface area contributed by atoms with Crippen LogP contribution in [0.2, 0.25) is 0 Å². The molecule has 1 heterocycles. The fourth-order valence-corrected chi connectivity index (χ4v) is 3.13. The van der Waals surface area contributed by atoms with Crippen molar-refractivity contribution in [1.82, 2.24) is 9.97 Å². The quantitative estimate of drug-likeness (QED) is 0.360. The average Bonchev–Trinajstić information content (AvgIpc) is 2.71. The van der Waals surface area contributed by atoms with Crippen LogP contribution < -0.4 is 10.8 Å². The maximum atomic E-state index is 12.7. The van der Waals surface area contributed by atoms with Crippen LogP contribution in [0.25, 0.3) is 11.3 Å². The Labute approximate surface area is 186 Å². The number of para-hydroxylation sites is 2. The van der Waals surface area contributed by atoms with Crippen molar-refractivity contribution in [3.8, 4) is 11.3 Å². The van der Waals surface area contributed by atoms with Gasteiger partial charge >= 0.3 is 0 Å². The van der Waals surface area contributed by atoms with E-state index in [2.05, 4.69) is 20.8 Å². The molecule has 1 amide bonds. The van der Waals surface area contributed by atoms with Crippen LogP contribution in [0.1, 0.15) is 37.0 Å². The number of carbonyl (C=O) groups is 1. The molecule has 0 aliphatic heterocycles. The Morgan fingerprint density at radius 1 is 1.03 bits per heavy atom. The SMILES string of the molecule is CC(C)(C)ONc1ccccc1NC(=O)c1ccc(-c2ccnc(CS(=O)(=O)O)n2)cc1. The summed E-state index contributed by atoms with van der Waals surface area (Å²) in [5.41, 5.74) is 5.22. The maximum absolute atomic E-state index is 12.7. The Bertz CT molecular complexity index is 1210. The van der Waals surface area contributed by atoms with Gasteiger partial charge in [-0.3, -0.25) is 19.7 Å². The summed E-state index contributed by atoms with van der Waals surface area (Å²) in [5, 5.41) is 2.86. The second-order valence-corrected chi connectivity index (χ2v) is 9.43. The molecular weight excluding hydrogens is 432 g/mol. The minimum Gasteiger partial charge on any atom is -0.320 e. The van der Waals surface area contributed by atoms with Crippen LogP contribution in [0.15, 0.2) is 60.8 Å². The second-order valence-electron chi connectivity index (χ2n) is 7.98. The molecule has 3 aromatic rings. The summed E-state index contributed by atoms with van der Waals surface area (Å²) in [7, 11) is -4.23. The van der Waals surface area contributed by atoms with E-state index in [4.69, 9.17) is 9.39 Å². The second kappa shape index (κ2) is 9.43. The van der Waals surface area contributed by atoms with E-state index in [1.165, 1.54) is 6.20 Å². The molecule has 32 heavy (non-hydrogen) atoms. The molecule has 0 saturated heterocycles. The molecule has 3 rings (SSSR count). The number of nitrogens with zero attached hydrogens (tertiary/aromatic N) is 2. The summed E-state index contributed by atoms with van der Waals surface area (Å²) in [6.45, 7) is 5.73. The molecule has 168 valence electrons. The predicted molar refractivity (Wildman–Crippen MR) is 122 cm³/mol. The molecule has 3 N–H and O–H groups in total. The summed E-state index contributed by atoms with van der Waals surface area (Å²) in [6, 6.07) is 15.5. The first-order chi connectivity index (χ1) is 15.0. The Kier molecular flexibility index (Phi) is 6.87. The van der Waals surface area contributed by atoms with Gasteiger partial charge in [-0.25, -0.2) is 9.97 Å². The molecule has 0 atom stereocenters. The van der Waals surface area contributed by atoms with Gasteiger partial charge in [-0.15, -0.1) is 0 Å². The summed E-state index contributed by atoms with van der Waals surface area (Å²) in [6.07, 6.45) is 1.41. The lowest BCUT2D eigenvalue weighted by molar-refractivity contribution is 0.0376. The van der Waals surface area contributed by atoms with E-state index < -0.39 is 21.5 Å². The maximum Gasteiger partial charge on any atom is 0.272 e. The average molecular weight is 457 g/mol. The zero-order chi connectivity index (χ0) is 23.4. The summed E-state index contributed by atoms with van der Waals surface area (Å²) < 4.78 is 31.1. The van der Waals surface area contributed by atoms with Crippen LogP contribution in [-0.2, 0) is 20.7 Å². The van der Waals surface area contributed by atoms with E-state index in [0.717, 1.165) is 0 Å². The topological polar surface area (TPSA) is 131 Å².